The maximum absolute atomic E-state index is 12.4. The average molecular weight is 347 g/mol. The highest BCUT2D eigenvalue weighted by Crippen LogP contribution is 2.38. The van der Waals surface area contributed by atoms with Gasteiger partial charge in [-0.1, -0.05) is 11.2 Å². The third-order valence-corrected chi connectivity index (χ3v) is 5.38. The van der Waals surface area contributed by atoms with Crippen molar-refractivity contribution in [2.45, 2.75) is 50.7 Å². The molecule has 6 nitrogen and oxygen atoms in total. The fraction of sp³-hybridized carbons (Fsp3) is 0.588. The Morgan fingerprint density at radius 2 is 2.33 bits per heavy atom. The number of piperidine rings is 1. The summed E-state index contributed by atoms with van der Waals surface area (Å²) in [6, 6.07) is 3.99. The second kappa shape index (κ2) is 7.03. The molecule has 7 heteroatoms. The summed E-state index contributed by atoms with van der Waals surface area (Å²) < 4.78 is 11.1. The molecule has 1 saturated heterocycles. The number of carbonyl (C=O) groups is 1. The van der Waals surface area contributed by atoms with Gasteiger partial charge in [-0.05, 0) is 37.1 Å². The first kappa shape index (κ1) is 15.8. The smallest absolute Gasteiger partial charge is 0.252 e. The van der Waals surface area contributed by atoms with Gasteiger partial charge < -0.3 is 14.2 Å². The first-order valence-corrected chi connectivity index (χ1v) is 9.40. The molecule has 1 atom stereocenters. The molecule has 4 rings (SSSR count). The lowest BCUT2D eigenvalue weighted by Crippen LogP contribution is -2.43. The minimum absolute atomic E-state index is 0.0438. The summed E-state index contributed by atoms with van der Waals surface area (Å²) in [5, 5.41) is 6.00. The van der Waals surface area contributed by atoms with Crippen LogP contribution in [-0.4, -0.2) is 40.1 Å². The first-order chi connectivity index (χ1) is 11.8. The van der Waals surface area contributed by atoms with E-state index in [1.54, 1.807) is 11.3 Å². The van der Waals surface area contributed by atoms with Crippen LogP contribution in [0.25, 0.3) is 0 Å². The zero-order valence-corrected chi connectivity index (χ0v) is 14.3. The van der Waals surface area contributed by atoms with E-state index in [1.807, 2.05) is 22.4 Å². The van der Waals surface area contributed by atoms with Crippen LogP contribution in [0.1, 0.15) is 48.2 Å². The lowest BCUT2D eigenvalue weighted by molar-refractivity contribution is -0.135. The van der Waals surface area contributed by atoms with Crippen molar-refractivity contribution < 1.29 is 14.1 Å². The topological polar surface area (TPSA) is 68.5 Å². The van der Waals surface area contributed by atoms with Crippen molar-refractivity contribution in [3.8, 4) is 0 Å². The Morgan fingerprint density at radius 1 is 1.42 bits per heavy atom. The number of amides is 1. The Kier molecular flexibility index (Phi) is 4.62. The van der Waals surface area contributed by atoms with Gasteiger partial charge in [0.05, 0.1) is 12.5 Å². The third kappa shape index (κ3) is 3.84. The molecule has 1 amide bonds. The molecule has 1 aliphatic carbocycles. The Morgan fingerprint density at radius 3 is 3.12 bits per heavy atom. The van der Waals surface area contributed by atoms with E-state index in [4.69, 9.17) is 9.26 Å². The van der Waals surface area contributed by atoms with E-state index in [2.05, 4.69) is 10.1 Å². The van der Waals surface area contributed by atoms with Gasteiger partial charge in [0.1, 0.15) is 6.61 Å². The van der Waals surface area contributed by atoms with E-state index in [-0.39, 0.29) is 12.0 Å². The van der Waals surface area contributed by atoms with E-state index in [0.29, 0.717) is 31.4 Å². The molecule has 0 radical (unpaired) electrons. The lowest BCUT2D eigenvalue weighted by Gasteiger charge is -2.32. The number of rotatable bonds is 6. The van der Waals surface area contributed by atoms with Crippen molar-refractivity contribution in [2.75, 3.05) is 13.1 Å². The zero-order valence-electron chi connectivity index (χ0n) is 13.5. The highest BCUT2D eigenvalue weighted by molar-refractivity contribution is 7.10. The van der Waals surface area contributed by atoms with Crippen molar-refractivity contribution >= 4 is 17.2 Å². The summed E-state index contributed by atoms with van der Waals surface area (Å²) >= 11 is 1.63. The molecule has 1 aliphatic heterocycles. The van der Waals surface area contributed by atoms with E-state index in [1.165, 1.54) is 0 Å². The van der Waals surface area contributed by atoms with Crippen LogP contribution in [0.2, 0.25) is 0 Å². The number of hydrogen-bond acceptors (Lipinski definition) is 6. The van der Waals surface area contributed by atoms with Gasteiger partial charge in [0.25, 0.3) is 5.89 Å². The minimum Gasteiger partial charge on any atom is -0.367 e. The number of nitrogens with zero attached hydrogens (tertiary/aromatic N) is 3. The van der Waals surface area contributed by atoms with E-state index < -0.39 is 0 Å². The van der Waals surface area contributed by atoms with Crippen LogP contribution in [0.15, 0.2) is 22.0 Å². The van der Waals surface area contributed by atoms with Gasteiger partial charge >= 0.3 is 0 Å². The molecule has 3 heterocycles. The molecular formula is C17H21N3O3S. The third-order valence-electron chi connectivity index (χ3n) is 4.51. The van der Waals surface area contributed by atoms with Gasteiger partial charge in [-0.3, -0.25) is 4.79 Å². The number of thiophene rings is 1. The van der Waals surface area contributed by atoms with Gasteiger partial charge in [0.15, 0.2) is 5.82 Å². The predicted molar refractivity (Wildman–Crippen MR) is 88.7 cm³/mol. The van der Waals surface area contributed by atoms with Crippen LogP contribution in [0.3, 0.4) is 0 Å². The Bertz CT molecular complexity index is 681. The SMILES string of the molecule is O=C(Cc1cccs1)N1CCCC(OCc2nc(C3CC3)no2)C1. The highest BCUT2D eigenvalue weighted by atomic mass is 32.1. The monoisotopic (exact) mass is 347 g/mol. The Hall–Kier alpha value is -1.73. The summed E-state index contributed by atoms with van der Waals surface area (Å²) in [6.45, 7) is 1.79. The largest absolute Gasteiger partial charge is 0.367 e. The van der Waals surface area contributed by atoms with Crippen molar-refractivity contribution in [2.24, 2.45) is 0 Å². The minimum atomic E-state index is 0.0438. The zero-order chi connectivity index (χ0) is 16.4. The van der Waals surface area contributed by atoms with Crippen LogP contribution < -0.4 is 0 Å². The quantitative estimate of drug-likeness (QED) is 0.804. The summed E-state index contributed by atoms with van der Waals surface area (Å²) in [7, 11) is 0. The maximum Gasteiger partial charge on any atom is 0.252 e. The molecule has 128 valence electrons. The predicted octanol–water partition coefficient (Wildman–Crippen LogP) is 2.76. The van der Waals surface area contributed by atoms with Crippen molar-refractivity contribution in [3.63, 3.8) is 0 Å². The fourth-order valence-electron chi connectivity index (χ4n) is 3.00. The van der Waals surface area contributed by atoms with Crippen LogP contribution >= 0.6 is 11.3 Å². The normalized spacial score (nSPS) is 21.2. The van der Waals surface area contributed by atoms with Crippen LogP contribution in [0.5, 0.6) is 0 Å². The molecule has 0 aromatic carbocycles. The van der Waals surface area contributed by atoms with E-state index >= 15 is 0 Å². The molecule has 0 N–H and O–H groups in total. The van der Waals surface area contributed by atoms with Gasteiger partial charge in [-0.2, -0.15) is 4.98 Å². The number of aromatic nitrogens is 2. The van der Waals surface area contributed by atoms with Gasteiger partial charge in [0, 0.05) is 23.9 Å². The molecule has 2 fully saturated rings. The molecule has 24 heavy (non-hydrogen) atoms. The van der Waals surface area contributed by atoms with Crippen molar-refractivity contribution in [3.05, 3.63) is 34.1 Å². The molecule has 0 spiro atoms. The number of hydrogen-bond donors (Lipinski definition) is 0. The standard InChI is InChI=1S/C17H21N3O3S/c21-16(9-14-4-2-8-24-14)20-7-1-3-13(10-20)22-11-15-18-17(19-23-15)12-5-6-12/h2,4,8,12-13H,1,3,5-7,9-11H2. The molecule has 1 saturated carbocycles. The molecule has 2 aromatic heterocycles. The second-order valence-electron chi connectivity index (χ2n) is 6.49. The van der Waals surface area contributed by atoms with E-state index in [0.717, 1.165) is 42.9 Å². The molecular weight excluding hydrogens is 326 g/mol. The van der Waals surface area contributed by atoms with Gasteiger partial charge in [-0.25, -0.2) is 0 Å². The van der Waals surface area contributed by atoms with Crippen LogP contribution in [0.4, 0.5) is 0 Å². The first-order valence-electron chi connectivity index (χ1n) is 8.52. The Balaban J connectivity index is 1.27. The summed E-state index contributed by atoms with van der Waals surface area (Å²) in [6.07, 6.45) is 4.78. The van der Waals surface area contributed by atoms with Crippen molar-refractivity contribution in [1.82, 2.24) is 15.0 Å². The summed E-state index contributed by atoms with van der Waals surface area (Å²) in [5.41, 5.74) is 0. The van der Waals surface area contributed by atoms with Crippen molar-refractivity contribution in [1.29, 1.82) is 0 Å². The number of ether oxygens (including phenoxy) is 1. The molecule has 1 unspecified atom stereocenters. The maximum atomic E-state index is 12.4. The second-order valence-corrected chi connectivity index (χ2v) is 7.52. The molecule has 0 bridgehead atoms. The highest BCUT2D eigenvalue weighted by Gasteiger charge is 2.29. The Labute approximate surface area is 144 Å². The van der Waals surface area contributed by atoms with Gasteiger partial charge in [0.2, 0.25) is 5.91 Å². The van der Waals surface area contributed by atoms with Crippen LogP contribution in [0, 0.1) is 0 Å². The summed E-state index contributed by atoms with van der Waals surface area (Å²) in [4.78, 5) is 19.8. The van der Waals surface area contributed by atoms with Gasteiger partial charge in [-0.15, -0.1) is 11.3 Å². The molecule has 2 aliphatic rings. The number of likely N-dealkylation sites (tertiary alicyclic amines) is 1. The van der Waals surface area contributed by atoms with E-state index in [9.17, 15) is 4.79 Å². The summed E-state index contributed by atoms with van der Waals surface area (Å²) in [5.74, 6) is 2.02. The molecule has 2 aromatic rings. The average Bonchev–Trinajstić information content (AvgIpc) is 3.13. The fourth-order valence-corrected chi connectivity index (χ4v) is 3.69. The lowest BCUT2D eigenvalue weighted by atomic mass is 10.1. The number of carbonyl (C=O) groups excluding carboxylic acids is 1. The van der Waals surface area contributed by atoms with Crippen LogP contribution in [-0.2, 0) is 22.6 Å².